The number of aromatic nitrogens is 2. The molecular weight excluding hydrogens is 304 g/mol. The zero-order valence-electron chi connectivity index (χ0n) is 11.1. The standard InChI is InChI=1S/C14H17BrN4/c1-3-10-4-6-11(7-5-10)8-17-14-12(15)13(16-2)18-9-19-14/h4-7,9H,3,8H2,1-2H3,(H2,16,17,18,19). The molecule has 0 aliphatic rings. The van der Waals surface area contributed by atoms with E-state index in [9.17, 15) is 0 Å². The highest BCUT2D eigenvalue weighted by molar-refractivity contribution is 9.10. The first kappa shape index (κ1) is 13.8. The van der Waals surface area contributed by atoms with Gasteiger partial charge in [-0.15, -0.1) is 0 Å². The Morgan fingerprint density at radius 2 is 1.68 bits per heavy atom. The molecule has 0 unspecified atom stereocenters. The van der Waals surface area contributed by atoms with Crippen LogP contribution in [0.15, 0.2) is 35.1 Å². The fourth-order valence-corrected chi connectivity index (χ4v) is 2.29. The maximum Gasteiger partial charge on any atom is 0.146 e. The molecule has 2 rings (SSSR count). The van der Waals surface area contributed by atoms with Crippen molar-refractivity contribution >= 4 is 27.6 Å². The van der Waals surface area contributed by atoms with Gasteiger partial charge in [0.1, 0.15) is 22.4 Å². The predicted molar refractivity (Wildman–Crippen MR) is 82.4 cm³/mol. The molecule has 0 saturated carbocycles. The molecule has 0 fully saturated rings. The van der Waals surface area contributed by atoms with Gasteiger partial charge >= 0.3 is 0 Å². The van der Waals surface area contributed by atoms with Gasteiger partial charge in [0.2, 0.25) is 0 Å². The lowest BCUT2D eigenvalue weighted by Gasteiger charge is -2.10. The van der Waals surface area contributed by atoms with E-state index >= 15 is 0 Å². The number of anilines is 2. The molecular formula is C14H17BrN4. The fraction of sp³-hybridized carbons (Fsp3) is 0.286. The maximum atomic E-state index is 4.23. The van der Waals surface area contributed by atoms with E-state index in [1.165, 1.54) is 11.1 Å². The Bertz CT molecular complexity index is 540. The van der Waals surface area contributed by atoms with Crippen molar-refractivity contribution in [3.8, 4) is 0 Å². The van der Waals surface area contributed by atoms with E-state index in [1.807, 2.05) is 7.05 Å². The van der Waals surface area contributed by atoms with Gasteiger partial charge in [0.05, 0.1) is 0 Å². The lowest BCUT2D eigenvalue weighted by atomic mass is 10.1. The summed E-state index contributed by atoms with van der Waals surface area (Å²) in [5.74, 6) is 1.57. The van der Waals surface area contributed by atoms with Crippen LogP contribution in [0, 0.1) is 0 Å². The molecule has 1 aromatic heterocycles. The van der Waals surface area contributed by atoms with Crippen LogP contribution in [0.2, 0.25) is 0 Å². The third-order valence-corrected chi connectivity index (χ3v) is 3.67. The Kier molecular flexibility index (Phi) is 4.74. The third-order valence-electron chi connectivity index (χ3n) is 2.92. The normalized spacial score (nSPS) is 10.3. The Balaban J connectivity index is 2.05. The summed E-state index contributed by atoms with van der Waals surface area (Å²) in [4.78, 5) is 8.35. The van der Waals surface area contributed by atoms with Crippen LogP contribution in [0.3, 0.4) is 0 Å². The number of nitrogens with one attached hydrogen (secondary N) is 2. The van der Waals surface area contributed by atoms with Crippen LogP contribution in [0.1, 0.15) is 18.1 Å². The summed E-state index contributed by atoms with van der Waals surface area (Å²) < 4.78 is 0.850. The summed E-state index contributed by atoms with van der Waals surface area (Å²) in [5, 5.41) is 6.31. The average Bonchev–Trinajstić information content (AvgIpc) is 2.47. The van der Waals surface area contributed by atoms with E-state index in [0.29, 0.717) is 0 Å². The Labute approximate surface area is 121 Å². The number of hydrogen-bond donors (Lipinski definition) is 2. The van der Waals surface area contributed by atoms with Gasteiger partial charge in [0.25, 0.3) is 0 Å². The number of halogens is 1. The molecule has 0 amide bonds. The van der Waals surface area contributed by atoms with Gasteiger partial charge in [-0.25, -0.2) is 9.97 Å². The number of nitrogens with zero attached hydrogens (tertiary/aromatic N) is 2. The average molecular weight is 321 g/mol. The molecule has 0 radical (unpaired) electrons. The van der Waals surface area contributed by atoms with E-state index in [4.69, 9.17) is 0 Å². The van der Waals surface area contributed by atoms with E-state index in [1.54, 1.807) is 6.33 Å². The van der Waals surface area contributed by atoms with Crippen LogP contribution in [0.5, 0.6) is 0 Å². The first-order valence-electron chi connectivity index (χ1n) is 6.24. The highest BCUT2D eigenvalue weighted by Gasteiger charge is 2.06. The van der Waals surface area contributed by atoms with Gasteiger partial charge < -0.3 is 10.6 Å². The van der Waals surface area contributed by atoms with E-state index < -0.39 is 0 Å². The fourth-order valence-electron chi connectivity index (χ4n) is 1.75. The van der Waals surface area contributed by atoms with Gasteiger partial charge in [-0.2, -0.15) is 0 Å². The second-order valence-electron chi connectivity index (χ2n) is 4.16. The Morgan fingerprint density at radius 1 is 1.05 bits per heavy atom. The molecule has 2 N–H and O–H groups in total. The Morgan fingerprint density at radius 3 is 2.32 bits per heavy atom. The zero-order chi connectivity index (χ0) is 13.7. The molecule has 4 nitrogen and oxygen atoms in total. The maximum absolute atomic E-state index is 4.23. The van der Waals surface area contributed by atoms with E-state index in [-0.39, 0.29) is 0 Å². The minimum Gasteiger partial charge on any atom is -0.372 e. The first-order chi connectivity index (χ1) is 9.24. The topological polar surface area (TPSA) is 49.8 Å². The van der Waals surface area contributed by atoms with Crippen molar-refractivity contribution in [2.75, 3.05) is 17.7 Å². The lowest BCUT2D eigenvalue weighted by molar-refractivity contribution is 1.06. The number of hydrogen-bond acceptors (Lipinski definition) is 4. The largest absolute Gasteiger partial charge is 0.372 e. The van der Waals surface area contributed by atoms with Crippen LogP contribution in [0.25, 0.3) is 0 Å². The molecule has 1 heterocycles. The second-order valence-corrected chi connectivity index (χ2v) is 4.95. The van der Waals surface area contributed by atoms with Crippen molar-refractivity contribution in [3.05, 3.63) is 46.2 Å². The summed E-state index contributed by atoms with van der Waals surface area (Å²) in [7, 11) is 1.83. The Hall–Kier alpha value is -1.62. The molecule has 0 spiro atoms. The van der Waals surface area contributed by atoms with Crippen molar-refractivity contribution in [3.63, 3.8) is 0 Å². The van der Waals surface area contributed by atoms with E-state index in [2.05, 4.69) is 67.7 Å². The van der Waals surface area contributed by atoms with Crippen LogP contribution >= 0.6 is 15.9 Å². The second kappa shape index (κ2) is 6.52. The van der Waals surface area contributed by atoms with Gasteiger partial charge in [-0.05, 0) is 33.5 Å². The SMILES string of the molecule is CCc1ccc(CNc2ncnc(NC)c2Br)cc1. The molecule has 2 aromatic rings. The molecule has 0 saturated heterocycles. The minimum atomic E-state index is 0.739. The molecule has 0 aliphatic carbocycles. The van der Waals surface area contributed by atoms with E-state index in [0.717, 1.165) is 29.1 Å². The summed E-state index contributed by atoms with van der Waals surface area (Å²) in [6, 6.07) is 8.59. The number of rotatable bonds is 5. The van der Waals surface area contributed by atoms with Gasteiger partial charge in [0, 0.05) is 13.6 Å². The highest BCUT2D eigenvalue weighted by atomic mass is 79.9. The summed E-state index contributed by atoms with van der Waals surface area (Å²) in [6.07, 6.45) is 2.61. The third kappa shape index (κ3) is 3.44. The lowest BCUT2D eigenvalue weighted by Crippen LogP contribution is -2.04. The van der Waals surface area contributed by atoms with Gasteiger partial charge in [-0.3, -0.25) is 0 Å². The minimum absolute atomic E-state index is 0.739. The molecule has 0 bridgehead atoms. The summed E-state index contributed by atoms with van der Waals surface area (Å²) in [6.45, 7) is 2.90. The molecule has 1 aromatic carbocycles. The van der Waals surface area contributed by atoms with Crippen LogP contribution in [0.4, 0.5) is 11.6 Å². The first-order valence-corrected chi connectivity index (χ1v) is 7.03. The highest BCUT2D eigenvalue weighted by Crippen LogP contribution is 2.26. The summed E-state index contributed by atoms with van der Waals surface area (Å²) in [5.41, 5.74) is 2.58. The number of benzene rings is 1. The van der Waals surface area contributed by atoms with Crippen molar-refractivity contribution in [1.29, 1.82) is 0 Å². The molecule has 0 atom stereocenters. The van der Waals surface area contributed by atoms with Crippen LogP contribution in [-0.2, 0) is 13.0 Å². The quantitative estimate of drug-likeness (QED) is 0.885. The van der Waals surface area contributed by atoms with Crippen molar-refractivity contribution < 1.29 is 0 Å². The molecule has 19 heavy (non-hydrogen) atoms. The predicted octanol–water partition coefficient (Wildman–Crippen LogP) is 3.46. The van der Waals surface area contributed by atoms with Gasteiger partial charge in [0.15, 0.2) is 0 Å². The smallest absolute Gasteiger partial charge is 0.146 e. The zero-order valence-corrected chi connectivity index (χ0v) is 12.7. The molecule has 0 aliphatic heterocycles. The molecule has 100 valence electrons. The molecule has 5 heteroatoms. The monoisotopic (exact) mass is 320 g/mol. The van der Waals surface area contributed by atoms with Crippen LogP contribution < -0.4 is 10.6 Å². The van der Waals surface area contributed by atoms with Crippen LogP contribution in [-0.4, -0.2) is 17.0 Å². The number of aryl methyl sites for hydroxylation is 1. The van der Waals surface area contributed by atoms with Gasteiger partial charge in [-0.1, -0.05) is 31.2 Å². The van der Waals surface area contributed by atoms with Crippen molar-refractivity contribution in [1.82, 2.24) is 9.97 Å². The summed E-state index contributed by atoms with van der Waals surface area (Å²) >= 11 is 3.49. The van der Waals surface area contributed by atoms with Crippen molar-refractivity contribution in [2.24, 2.45) is 0 Å². The van der Waals surface area contributed by atoms with Crippen molar-refractivity contribution in [2.45, 2.75) is 19.9 Å².